The van der Waals surface area contributed by atoms with Gasteiger partial charge in [-0.2, -0.15) is 4.39 Å². The number of aromatic nitrogens is 2. The lowest BCUT2D eigenvalue weighted by Crippen LogP contribution is -2.24. The summed E-state index contributed by atoms with van der Waals surface area (Å²) in [4.78, 5) is 24.3. The van der Waals surface area contributed by atoms with Crippen LogP contribution in [0.3, 0.4) is 0 Å². The summed E-state index contributed by atoms with van der Waals surface area (Å²) in [7, 11) is -2.59. The van der Waals surface area contributed by atoms with E-state index in [4.69, 9.17) is 25.7 Å². The van der Waals surface area contributed by atoms with Crippen LogP contribution in [-0.2, 0) is 9.84 Å². The predicted octanol–water partition coefficient (Wildman–Crippen LogP) is 3.55. The van der Waals surface area contributed by atoms with Gasteiger partial charge in [-0.25, -0.2) is 27.6 Å². The Morgan fingerprint density at radius 1 is 1.02 bits per heavy atom. The minimum Gasteiger partial charge on any atom is -0.504 e. The van der Waals surface area contributed by atoms with Gasteiger partial charge in [0.05, 0.1) is 28.8 Å². The molecule has 13 nitrogen and oxygen atoms in total. The van der Waals surface area contributed by atoms with Crippen molar-refractivity contribution in [2.45, 2.75) is 9.92 Å². The van der Waals surface area contributed by atoms with E-state index in [1.54, 1.807) is 11.9 Å². The Bertz CT molecular complexity index is 1950. The Hall–Kier alpha value is -5.64. The summed E-state index contributed by atoms with van der Waals surface area (Å²) in [5, 5.41) is 26.4. The minimum atomic E-state index is -4.27. The summed E-state index contributed by atoms with van der Waals surface area (Å²) >= 11 is 0. The molecule has 0 unspecified atom stereocenters. The number of nitrogens with zero attached hydrogens (tertiary/aromatic N) is 4. The van der Waals surface area contributed by atoms with E-state index in [1.165, 1.54) is 24.3 Å². The first-order chi connectivity index (χ1) is 20.9. The molecule has 3 heterocycles. The number of carboxylic acid groups (broad SMARTS) is 1. The fourth-order valence-corrected chi connectivity index (χ4v) is 5.32. The van der Waals surface area contributed by atoms with Crippen molar-refractivity contribution in [3.05, 3.63) is 89.2 Å². The third-order valence-electron chi connectivity index (χ3n) is 6.41. The number of aromatic hydroxyl groups is 1. The molecule has 4 aromatic rings. The molecule has 0 aliphatic carbocycles. The van der Waals surface area contributed by atoms with E-state index >= 15 is 4.39 Å². The van der Waals surface area contributed by atoms with Gasteiger partial charge in [0.2, 0.25) is 21.4 Å². The van der Waals surface area contributed by atoms with Crippen molar-refractivity contribution in [3.8, 4) is 28.9 Å². The number of likely N-dealkylation sites (N-methyl/N-ethyl adjacent to an activating group) is 1. The van der Waals surface area contributed by atoms with Gasteiger partial charge in [0.15, 0.2) is 22.3 Å². The maximum atomic E-state index is 15.6. The lowest BCUT2D eigenvalue weighted by molar-refractivity contribution is 0.0696. The molecular formula is C28H22F2N6O7S. The summed E-state index contributed by atoms with van der Waals surface area (Å²) in [6, 6.07) is 9.34. The molecule has 1 aliphatic heterocycles. The molecule has 0 spiro atoms. The first-order valence-corrected chi connectivity index (χ1v) is 14.1. The highest BCUT2D eigenvalue weighted by Gasteiger charge is 2.28. The third-order valence-corrected chi connectivity index (χ3v) is 8.07. The van der Waals surface area contributed by atoms with Gasteiger partial charge in [0.1, 0.15) is 17.4 Å². The van der Waals surface area contributed by atoms with Crippen molar-refractivity contribution < 1.29 is 41.7 Å². The molecule has 2 aromatic carbocycles. The Kier molecular flexibility index (Phi) is 7.84. The first kappa shape index (κ1) is 29.8. The van der Waals surface area contributed by atoms with Gasteiger partial charge >= 0.3 is 5.97 Å². The zero-order chi connectivity index (χ0) is 31.8. The molecule has 0 amide bonds. The number of hydrogen-bond donors (Lipinski definition) is 4. The number of halogens is 2. The molecule has 2 aromatic heterocycles. The zero-order valence-corrected chi connectivity index (χ0v) is 23.5. The highest BCUT2D eigenvalue weighted by molar-refractivity contribution is 7.91. The van der Waals surface area contributed by atoms with Gasteiger partial charge in [-0.05, 0) is 48.5 Å². The number of pyridine rings is 2. The number of nitrogens with two attached hydrogens (primary N) is 1. The standard InChI is InChI=1S/C28H22F2N6O7S/c1-36-9-8-33-26(36)17-11-16(44(40,41)22-7-3-15(12-34-22)28(38)39)4-6-20(17)42-24-18(29)13-35-27(23(24)30)43-21-10-14(25(31)32)2-5-19(21)37/h2-7,10-13,37H,8-9H2,1H3,(H3,31,32)(H,38,39). The number of aliphatic imine (C=N–C) groups is 1. The fraction of sp³-hybridized carbons (Fsp3) is 0.107. The molecule has 5 N–H and O–H groups in total. The predicted molar refractivity (Wildman–Crippen MR) is 151 cm³/mol. The van der Waals surface area contributed by atoms with Crippen molar-refractivity contribution in [2.75, 3.05) is 20.1 Å². The molecule has 44 heavy (non-hydrogen) atoms. The molecule has 16 heteroatoms. The number of nitrogen functional groups attached to an aromatic ring is 1. The average Bonchev–Trinajstić information content (AvgIpc) is 3.43. The van der Waals surface area contributed by atoms with E-state index in [9.17, 15) is 22.7 Å². The summed E-state index contributed by atoms with van der Waals surface area (Å²) in [6.45, 7) is 0.835. The van der Waals surface area contributed by atoms with Crippen molar-refractivity contribution >= 4 is 27.5 Å². The number of nitrogens with one attached hydrogen (secondary N) is 1. The molecule has 226 valence electrons. The molecule has 0 fully saturated rings. The summed E-state index contributed by atoms with van der Waals surface area (Å²) in [5.74, 6) is -6.58. The Labute approximate surface area is 248 Å². The van der Waals surface area contributed by atoms with Crippen LogP contribution in [-0.4, -0.2) is 71.3 Å². The van der Waals surface area contributed by atoms with E-state index in [0.29, 0.717) is 19.3 Å². The second kappa shape index (κ2) is 11.6. The van der Waals surface area contributed by atoms with Crippen LogP contribution in [0, 0.1) is 17.0 Å². The third kappa shape index (κ3) is 5.69. The average molecular weight is 625 g/mol. The summed E-state index contributed by atoms with van der Waals surface area (Å²) < 4.78 is 68.2. The Morgan fingerprint density at radius 3 is 2.41 bits per heavy atom. The number of carbonyl (C=O) groups is 1. The number of ether oxygens (including phenoxy) is 2. The van der Waals surface area contributed by atoms with Crippen LogP contribution in [0.1, 0.15) is 21.5 Å². The maximum absolute atomic E-state index is 15.6. The smallest absolute Gasteiger partial charge is 0.337 e. The lowest BCUT2D eigenvalue weighted by atomic mass is 10.1. The van der Waals surface area contributed by atoms with Crippen LogP contribution in [0.15, 0.2) is 75.8 Å². The quantitative estimate of drug-likeness (QED) is 0.157. The number of carboxylic acids is 1. The van der Waals surface area contributed by atoms with Crippen LogP contribution in [0.25, 0.3) is 0 Å². The molecule has 0 bridgehead atoms. The number of phenols is 1. The fourth-order valence-electron chi connectivity index (χ4n) is 4.12. The number of aromatic carboxylic acids is 1. The largest absolute Gasteiger partial charge is 0.504 e. The van der Waals surface area contributed by atoms with Gasteiger partial charge in [-0.15, -0.1) is 0 Å². The van der Waals surface area contributed by atoms with Crippen LogP contribution in [0.5, 0.6) is 28.9 Å². The van der Waals surface area contributed by atoms with Crippen molar-refractivity contribution in [1.29, 1.82) is 5.41 Å². The van der Waals surface area contributed by atoms with Crippen molar-refractivity contribution in [2.24, 2.45) is 10.7 Å². The molecule has 0 saturated heterocycles. The topological polar surface area (TPSA) is 201 Å². The number of amidine groups is 2. The van der Waals surface area contributed by atoms with E-state index in [0.717, 1.165) is 30.5 Å². The number of phenolic OH excluding ortho intramolecular Hbond substituents is 1. The van der Waals surface area contributed by atoms with Gasteiger partial charge in [-0.3, -0.25) is 10.4 Å². The number of sulfone groups is 1. The molecule has 0 atom stereocenters. The minimum absolute atomic E-state index is 0.0816. The van der Waals surface area contributed by atoms with Crippen LogP contribution in [0.4, 0.5) is 8.78 Å². The molecule has 1 aliphatic rings. The first-order valence-electron chi connectivity index (χ1n) is 12.6. The van der Waals surface area contributed by atoms with E-state index in [-0.39, 0.29) is 44.8 Å². The van der Waals surface area contributed by atoms with Crippen molar-refractivity contribution in [1.82, 2.24) is 14.9 Å². The number of benzene rings is 2. The number of hydrogen-bond acceptors (Lipinski definition) is 11. The highest BCUT2D eigenvalue weighted by Crippen LogP contribution is 2.38. The van der Waals surface area contributed by atoms with Crippen LogP contribution < -0.4 is 15.2 Å². The maximum Gasteiger partial charge on any atom is 0.337 e. The number of rotatable bonds is 9. The van der Waals surface area contributed by atoms with Gasteiger partial charge < -0.3 is 30.3 Å². The molecule has 0 saturated carbocycles. The summed E-state index contributed by atoms with van der Waals surface area (Å²) in [6.07, 6.45) is 1.54. The Balaban J connectivity index is 1.55. The van der Waals surface area contributed by atoms with Crippen molar-refractivity contribution in [3.63, 3.8) is 0 Å². The van der Waals surface area contributed by atoms with Gasteiger partial charge in [0.25, 0.3) is 5.88 Å². The Morgan fingerprint density at radius 2 is 1.77 bits per heavy atom. The van der Waals surface area contributed by atoms with E-state index < -0.39 is 49.8 Å². The second-order valence-corrected chi connectivity index (χ2v) is 11.2. The van der Waals surface area contributed by atoms with E-state index in [1.807, 2.05) is 0 Å². The van der Waals surface area contributed by atoms with Crippen LogP contribution >= 0.6 is 0 Å². The monoisotopic (exact) mass is 624 g/mol. The molecular weight excluding hydrogens is 602 g/mol. The summed E-state index contributed by atoms with van der Waals surface area (Å²) in [5.41, 5.74) is 5.49. The normalized spacial score (nSPS) is 13.0. The zero-order valence-electron chi connectivity index (χ0n) is 22.7. The molecule has 0 radical (unpaired) electrons. The van der Waals surface area contributed by atoms with E-state index in [2.05, 4.69) is 15.0 Å². The molecule has 5 rings (SSSR count). The van der Waals surface area contributed by atoms with Gasteiger partial charge in [-0.1, -0.05) is 0 Å². The van der Waals surface area contributed by atoms with Gasteiger partial charge in [0, 0.05) is 25.4 Å². The SMILES string of the molecule is CN1CCN=C1c1cc(S(=O)(=O)c2ccc(C(=O)O)cn2)ccc1Oc1c(F)cnc(Oc2cc(C(=N)N)ccc2O)c1F. The lowest BCUT2D eigenvalue weighted by Gasteiger charge is -2.19. The van der Waals surface area contributed by atoms with Crippen LogP contribution in [0.2, 0.25) is 0 Å². The highest BCUT2D eigenvalue weighted by atomic mass is 32.2. The second-order valence-electron chi connectivity index (χ2n) is 9.33.